The Bertz CT molecular complexity index is 3150. The highest BCUT2D eigenvalue weighted by atomic mass is 32.1. The van der Waals surface area contributed by atoms with E-state index >= 15 is 4.39 Å². The van der Waals surface area contributed by atoms with Gasteiger partial charge in [0, 0.05) is 74.1 Å². The number of carboxylic acids is 2. The van der Waals surface area contributed by atoms with Gasteiger partial charge < -0.3 is 39.0 Å². The zero-order valence-corrected chi connectivity index (χ0v) is 40.6. The second kappa shape index (κ2) is 19.3. The maximum atomic E-state index is 15.3. The van der Waals surface area contributed by atoms with Crippen molar-refractivity contribution in [1.29, 1.82) is 0 Å². The number of aliphatic carboxylic acids is 2. The minimum Gasteiger partial charge on any atom is -0.493 e. The molecular weight excluding hydrogens is 975 g/mol. The van der Waals surface area contributed by atoms with E-state index in [0.717, 1.165) is 69.2 Å². The van der Waals surface area contributed by atoms with Gasteiger partial charge in [-0.25, -0.2) is 18.7 Å². The number of halogens is 2. The Kier molecular flexibility index (Phi) is 12.6. The largest absolute Gasteiger partial charge is 0.493 e. The van der Waals surface area contributed by atoms with Crippen LogP contribution in [-0.2, 0) is 35.5 Å². The van der Waals surface area contributed by atoms with Gasteiger partial charge in [-0.1, -0.05) is 41.7 Å². The topological polar surface area (TPSA) is 231 Å². The van der Waals surface area contributed by atoms with Crippen LogP contribution in [0.1, 0.15) is 80.2 Å². The van der Waals surface area contributed by atoms with Gasteiger partial charge in [-0.3, -0.25) is 9.59 Å². The van der Waals surface area contributed by atoms with Crippen molar-refractivity contribution in [1.82, 2.24) is 50.4 Å². The van der Waals surface area contributed by atoms with Gasteiger partial charge in [0.15, 0.2) is 41.1 Å². The molecule has 2 N–H and O–H groups in total. The number of tetrazole rings is 2. The lowest BCUT2D eigenvalue weighted by atomic mass is 9.81. The number of carbonyl (C=O) groups is 2. The summed E-state index contributed by atoms with van der Waals surface area (Å²) in [5, 5.41) is 43.9. The molecule has 4 aromatic heterocycles. The number of benzene rings is 3. The summed E-state index contributed by atoms with van der Waals surface area (Å²) in [5.74, 6) is -0.843. The minimum absolute atomic E-state index is 0.306. The monoisotopic (exact) mass is 1020 g/mol. The molecule has 0 radical (unpaired) electrons. The number of nitrogens with zero attached hydrogens (tertiary/aromatic N) is 12. The van der Waals surface area contributed by atoms with Crippen LogP contribution >= 0.6 is 22.7 Å². The Morgan fingerprint density at radius 2 is 1.33 bits per heavy atom. The second-order valence-corrected chi connectivity index (χ2v) is 20.4. The molecule has 24 heteroatoms. The van der Waals surface area contributed by atoms with Crippen LogP contribution in [0.5, 0.6) is 23.0 Å². The molecule has 3 aromatic carbocycles. The van der Waals surface area contributed by atoms with Crippen molar-refractivity contribution in [3.63, 3.8) is 0 Å². The van der Waals surface area contributed by atoms with Crippen molar-refractivity contribution in [2.45, 2.75) is 95.1 Å². The molecule has 4 aliphatic rings. The molecule has 1 unspecified atom stereocenters. The summed E-state index contributed by atoms with van der Waals surface area (Å²) in [5.41, 5.74) is 1.90. The maximum Gasteiger partial charge on any atom is 0.327 e. The second-order valence-electron chi connectivity index (χ2n) is 18.3. The molecule has 20 nitrogen and oxygen atoms in total. The zero-order chi connectivity index (χ0) is 49.6. The number of rotatable bonds is 15. The van der Waals surface area contributed by atoms with Crippen LogP contribution in [0.15, 0.2) is 60.9 Å². The summed E-state index contributed by atoms with van der Waals surface area (Å²) in [6.07, 6.45) is 8.89. The minimum atomic E-state index is -1.07. The van der Waals surface area contributed by atoms with E-state index in [4.69, 9.17) is 29.2 Å². The van der Waals surface area contributed by atoms with E-state index in [0.29, 0.717) is 114 Å². The lowest BCUT2D eigenvalue weighted by molar-refractivity contribution is -0.139. The zero-order valence-electron chi connectivity index (χ0n) is 38.9. The Balaban J connectivity index is 0.831. The molecule has 72 heavy (non-hydrogen) atoms. The highest BCUT2D eigenvalue weighted by Gasteiger charge is 2.44. The number of piperidine rings is 2. The number of carboxylic acid groups (broad SMARTS) is 2. The summed E-state index contributed by atoms with van der Waals surface area (Å²) in [4.78, 5) is 39.4. The average Bonchev–Trinajstić information content (AvgIpc) is 4.23. The first-order valence-corrected chi connectivity index (χ1v) is 25.4. The first kappa shape index (κ1) is 47.0. The van der Waals surface area contributed by atoms with Crippen molar-refractivity contribution in [3.8, 4) is 44.4 Å². The van der Waals surface area contributed by atoms with Gasteiger partial charge >= 0.3 is 11.9 Å². The van der Waals surface area contributed by atoms with E-state index in [-0.39, 0.29) is 6.54 Å². The number of hydrogen-bond acceptors (Lipinski definition) is 18. The first-order valence-electron chi connectivity index (χ1n) is 23.7. The van der Waals surface area contributed by atoms with E-state index in [1.54, 1.807) is 18.5 Å². The normalized spacial score (nSPS) is 17.2. The maximum absolute atomic E-state index is 15.3. The Labute approximate surface area is 418 Å². The van der Waals surface area contributed by atoms with Crippen LogP contribution in [0.25, 0.3) is 21.4 Å². The van der Waals surface area contributed by atoms with E-state index < -0.39 is 47.4 Å². The fourth-order valence-corrected chi connectivity index (χ4v) is 11.7. The molecule has 11 rings (SSSR count). The number of fused-ring (bicyclic) bond motifs is 2. The highest BCUT2D eigenvalue weighted by molar-refractivity contribution is 7.19. The Hall–Kier alpha value is -7.34. The highest BCUT2D eigenvalue weighted by Crippen LogP contribution is 2.50. The fourth-order valence-electron chi connectivity index (χ4n) is 9.91. The quantitative estimate of drug-likeness (QED) is 0.105. The van der Waals surface area contributed by atoms with Crippen LogP contribution in [0.2, 0.25) is 0 Å². The molecule has 374 valence electrons. The lowest BCUT2D eigenvalue weighted by Gasteiger charge is -2.45. The smallest absolute Gasteiger partial charge is 0.327 e. The van der Waals surface area contributed by atoms with Gasteiger partial charge in [-0.05, 0) is 78.9 Å². The number of anilines is 2. The van der Waals surface area contributed by atoms with E-state index in [9.17, 15) is 14.0 Å². The Morgan fingerprint density at radius 3 is 1.92 bits per heavy atom. The molecule has 1 atom stereocenters. The molecule has 0 aliphatic carbocycles. The van der Waals surface area contributed by atoms with Crippen LogP contribution in [0, 0.1) is 11.6 Å². The third-order valence-corrected chi connectivity index (χ3v) is 15.8. The third kappa shape index (κ3) is 9.46. The van der Waals surface area contributed by atoms with Crippen LogP contribution in [-0.4, -0.2) is 117 Å². The molecule has 0 bridgehead atoms. The summed E-state index contributed by atoms with van der Waals surface area (Å²) < 4.78 is 57.5. The average molecular weight is 1020 g/mol. The molecule has 0 saturated carbocycles. The van der Waals surface area contributed by atoms with Crippen molar-refractivity contribution in [3.05, 3.63) is 94.8 Å². The van der Waals surface area contributed by atoms with E-state index in [2.05, 4.69) is 50.6 Å². The van der Waals surface area contributed by atoms with Gasteiger partial charge in [0.25, 0.3) is 0 Å². The standard InChI is InChI=1S/C48H48F2N12O8S2/c1-2-22-67-34-9-7-31(42-30(34)11-13-48(70-42)16-20-60(21-17-48)46-52-25-38(72-46)44-54-58-62(56-44)27-40(65)66)41(28-6-8-32(49)33(50)23-28)68-35-4-3-5-36-29(35)10-12-47(69-36)14-18-59(19-15-47)45-51-24-37(71-45)43-53-57-61(55-43)26-39(63)64/h3-9,23-25,41H,2,10-22,26-27H2,1H3,(H,63,64)(H,65,66). The van der Waals surface area contributed by atoms with Crippen molar-refractivity contribution in [2.75, 3.05) is 42.6 Å². The first-order chi connectivity index (χ1) is 34.9. The molecule has 2 fully saturated rings. The molecule has 7 aromatic rings. The molecule has 8 heterocycles. The van der Waals surface area contributed by atoms with Gasteiger partial charge in [0.1, 0.15) is 34.2 Å². The molecular formula is C48H48F2N12O8S2. The molecule has 4 aliphatic heterocycles. The lowest BCUT2D eigenvalue weighted by Crippen LogP contribution is -2.50. The summed E-state index contributed by atoms with van der Waals surface area (Å²) >= 11 is 2.83. The van der Waals surface area contributed by atoms with Crippen LogP contribution < -0.4 is 28.7 Å². The fraction of sp³-hybridized carbons (Fsp3) is 0.417. The van der Waals surface area contributed by atoms with Crippen molar-refractivity contribution >= 4 is 44.9 Å². The van der Waals surface area contributed by atoms with Gasteiger partial charge in [0.05, 0.1) is 28.8 Å². The number of ether oxygens (including phenoxy) is 4. The molecule has 2 spiro atoms. The van der Waals surface area contributed by atoms with Crippen molar-refractivity contribution < 1.29 is 47.5 Å². The predicted molar refractivity (Wildman–Crippen MR) is 257 cm³/mol. The van der Waals surface area contributed by atoms with Gasteiger partial charge in [0.2, 0.25) is 11.6 Å². The van der Waals surface area contributed by atoms with Gasteiger partial charge in [-0.15, -0.1) is 20.4 Å². The molecule has 2 saturated heterocycles. The molecule has 0 amide bonds. The summed E-state index contributed by atoms with van der Waals surface area (Å²) in [6, 6.07) is 13.5. The summed E-state index contributed by atoms with van der Waals surface area (Å²) in [7, 11) is 0. The Morgan fingerprint density at radius 1 is 0.736 bits per heavy atom. The third-order valence-electron chi connectivity index (χ3n) is 13.7. The van der Waals surface area contributed by atoms with E-state index in [1.807, 2.05) is 37.3 Å². The van der Waals surface area contributed by atoms with Gasteiger partial charge in [-0.2, -0.15) is 9.59 Å². The predicted octanol–water partition coefficient (Wildman–Crippen LogP) is 7.04. The van der Waals surface area contributed by atoms with Crippen LogP contribution in [0.3, 0.4) is 0 Å². The van der Waals surface area contributed by atoms with Crippen LogP contribution in [0.4, 0.5) is 19.0 Å². The SMILES string of the molecule is CCCOc1ccc(C(Oc2cccc3c2CCC2(CCN(c4ncc(-c5nnn(CC(=O)O)n5)s4)CC2)O3)c2ccc(F)c(F)c2)c2c1CCC1(CCN(c3ncc(-c4nnn(CC(=O)O)n4)s3)CC1)O2. The number of thiazole rings is 2. The van der Waals surface area contributed by atoms with E-state index in [1.165, 1.54) is 28.7 Å². The van der Waals surface area contributed by atoms with Crippen molar-refractivity contribution in [2.24, 2.45) is 0 Å². The summed E-state index contributed by atoms with van der Waals surface area (Å²) in [6.45, 7) is 4.48. The number of aromatic nitrogens is 10. The number of hydrogen-bond donors (Lipinski definition) is 2.